The largest absolute Gasteiger partial charge is 0.352 e. The monoisotopic (exact) mass is 401 g/mol. The van der Waals surface area contributed by atoms with Crippen LogP contribution in [0, 0.1) is 5.92 Å². The number of carbonyl (C=O) groups excluding carboxylic acids is 3. The molecule has 160 valence electrons. The predicted octanol–water partition coefficient (Wildman–Crippen LogP) is 3.74. The van der Waals surface area contributed by atoms with Gasteiger partial charge in [-0.25, -0.2) is 4.79 Å². The fourth-order valence-corrected chi connectivity index (χ4v) is 3.70. The fourth-order valence-electron chi connectivity index (χ4n) is 3.70. The summed E-state index contributed by atoms with van der Waals surface area (Å²) in [5.41, 5.74) is 0.769. The van der Waals surface area contributed by atoms with Gasteiger partial charge in [0.15, 0.2) is 0 Å². The molecule has 0 radical (unpaired) electrons. The number of nitrogens with one attached hydrogen (secondary N) is 2. The van der Waals surface area contributed by atoms with E-state index >= 15 is 0 Å². The smallest absolute Gasteiger partial charge is 0.325 e. The molecular formula is C23H35N3O3. The predicted molar refractivity (Wildman–Crippen MR) is 114 cm³/mol. The molecule has 0 aliphatic carbocycles. The zero-order valence-corrected chi connectivity index (χ0v) is 18.4. The van der Waals surface area contributed by atoms with Gasteiger partial charge in [-0.2, -0.15) is 0 Å². The van der Waals surface area contributed by atoms with E-state index in [4.69, 9.17) is 0 Å². The molecule has 6 nitrogen and oxygen atoms in total. The lowest BCUT2D eigenvalue weighted by atomic mass is 9.91. The van der Waals surface area contributed by atoms with Gasteiger partial charge in [-0.15, -0.1) is 0 Å². The lowest BCUT2D eigenvalue weighted by Gasteiger charge is -2.22. The summed E-state index contributed by atoms with van der Waals surface area (Å²) in [6, 6.07) is 7.21. The van der Waals surface area contributed by atoms with E-state index in [0.29, 0.717) is 5.92 Å². The third-order valence-electron chi connectivity index (χ3n) is 5.47. The summed E-state index contributed by atoms with van der Waals surface area (Å²) in [5, 5.41) is 5.66. The molecule has 2 atom stereocenters. The van der Waals surface area contributed by atoms with Crippen LogP contribution >= 0.6 is 0 Å². The molecule has 0 bridgehead atoms. The van der Waals surface area contributed by atoms with Crippen LogP contribution in [0.2, 0.25) is 0 Å². The minimum atomic E-state index is -1.15. The Morgan fingerprint density at radius 3 is 2.38 bits per heavy atom. The van der Waals surface area contributed by atoms with E-state index in [1.54, 1.807) is 6.92 Å². The Hall–Kier alpha value is -2.37. The van der Waals surface area contributed by atoms with Gasteiger partial charge in [0.05, 0.1) is 0 Å². The van der Waals surface area contributed by atoms with Gasteiger partial charge in [0.25, 0.3) is 5.91 Å². The molecular weight excluding hydrogens is 366 g/mol. The molecule has 0 spiro atoms. The molecule has 2 rings (SSSR count). The zero-order valence-electron chi connectivity index (χ0n) is 18.4. The molecule has 1 saturated heterocycles. The molecule has 1 aliphatic rings. The van der Waals surface area contributed by atoms with Crippen LogP contribution in [0.15, 0.2) is 24.3 Å². The number of benzene rings is 1. The Bertz CT molecular complexity index is 729. The van der Waals surface area contributed by atoms with Crippen molar-refractivity contribution in [2.75, 3.05) is 6.54 Å². The molecule has 0 aromatic heterocycles. The molecule has 1 heterocycles. The molecule has 4 amide bonds. The minimum Gasteiger partial charge on any atom is -0.352 e. The zero-order chi connectivity index (χ0) is 21.6. The van der Waals surface area contributed by atoms with Gasteiger partial charge in [0, 0.05) is 6.04 Å². The SMILES string of the molecule is CCCc1ccc([C@]2(C)NC(=O)N(CC(=O)N[C@H](C)CCCC(C)C)C2=O)cc1. The first-order valence-corrected chi connectivity index (χ1v) is 10.7. The second-order valence-electron chi connectivity index (χ2n) is 8.69. The number of hydrogen-bond donors (Lipinski definition) is 2. The summed E-state index contributed by atoms with van der Waals surface area (Å²) in [7, 11) is 0. The van der Waals surface area contributed by atoms with Crippen LogP contribution < -0.4 is 10.6 Å². The topological polar surface area (TPSA) is 78.5 Å². The Kier molecular flexibility index (Phi) is 7.82. The van der Waals surface area contributed by atoms with Crippen molar-refractivity contribution in [1.82, 2.24) is 15.5 Å². The Morgan fingerprint density at radius 2 is 1.79 bits per heavy atom. The lowest BCUT2D eigenvalue weighted by molar-refractivity contribution is -0.135. The maximum Gasteiger partial charge on any atom is 0.325 e. The van der Waals surface area contributed by atoms with E-state index in [1.165, 1.54) is 5.56 Å². The highest BCUT2D eigenvalue weighted by molar-refractivity contribution is 6.09. The summed E-state index contributed by atoms with van der Waals surface area (Å²) in [5.74, 6) is -0.0704. The van der Waals surface area contributed by atoms with Crippen molar-refractivity contribution < 1.29 is 14.4 Å². The van der Waals surface area contributed by atoms with E-state index in [2.05, 4.69) is 31.4 Å². The highest BCUT2D eigenvalue weighted by Crippen LogP contribution is 2.29. The van der Waals surface area contributed by atoms with Gasteiger partial charge in [-0.05, 0) is 43.7 Å². The molecule has 1 aromatic rings. The summed E-state index contributed by atoms with van der Waals surface area (Å²) in [6.07, 6.45) is 5.05. The first-order valence-electron chi connectivity index (χ1n) is 10.7. The standard InChI is InChI=1S/C23H35N3O3/c1-6-8-18-11-13-19(14-12-18)23(5)21(28)26(22(29)25-23)15-20(27)24-17(4)10-7-9-16(2)3/h11-14,16-17H,6-10,15H2,1-5H3,(H,24,27)(H,25,29)/t17-,23+/m1/s1. The summed E-state index contributed by atoms with van der Waals surface area (Å²) in [6.45, 7) is 9.84. The van der Waals surface area contributed by atoms with Gasteiger partial charge < -0.3 is 10.6 Å². The number of carbonyl (C=O) groups is 3. The third kappa shape index (κ3) is 5.81. The molecule has 6 heteroatoms. The number of urea groups is 1. The van der Waals surface area contributed by atoms with Crippen molar-refractivity contribution >= 4 is 17.8 Å². The number of imide groups is 1. The van der Waals surface area contributed by atoms with Crippen molar-refractivity contribution in [3.05, 3.63) is 35.4 Å². The molecule has 1 aromatic carbocycles. The Morgan fingerprint density at radius 1 is 1.14 bits per heavy atom. The highest BCUT2D eigenvalue weighted by atomic mass is 16.2. The molecule has 1 aliphatic heterocycles. The third-order valence-corrected chi connectivity index (χ3v) is 5.47. The van der Waals surface area contributed by atoms with E-state index in [0.717, 1.165) is 42.6 Å². The average Bonchev–Trinajstić information content (AvgIpc) is 2.86. The molecule has 29 heavy (non-hydrogen) atoms. The normalized spacial score (nSPS) is 20.1. The fraction of sp³-hybridized carbons (Fsp3) is 0.609. The van der Waals surface area contributed by atoms with Crippen molar-refractivity contribution in [1.29, 1.82) is 0 Å². The summed E-state index contributed by atoms with van der Waals surface area (Å²) >= 11 is 0. The number of rotatable bonds is 10. The molecule has 0 unspecified atom stereocenters. The number of hydrogen-bond acceptors (Lipinski definition) is 3. The quantitative estimate of drug-likeness (QED) is 0.586. The van der Waals surface area contributed by atoms with Crippen LogP contribution in [0.5, 0.6) is 0 Å². The van der Waals surface area contributed by atoms with Crippen LogP contribution in [0.3, 0.4) is 0 Å². The van der Waals surface area contributed by atoms with Crippen molar-refractivity contribution in [2.24, 2.45) is 5.92 Å². The van der Waals surface area contributed by atoms with Crippen LogP contribution in [0.4, 0.5) is 4.79 Å². The van der Waals surface area contributed by atoms with Crippen LogP contribution in [-0.2, 0) is 21.5 Å². The van der Waals surface area contributed by atoms with Crippen molar-refractivity contribution in [3.63, 3.8) is 0 Å². The molecule has 1 fully saturated rings. The van der Waals surface area contributed by atoms with Gasteiger partial charge >= 0.3 is 6.03 Å². The molecule has 0 saturated carbocycles. The minimum absolute atomic E-state index is 0.0134. The highest BCUT2D eigenvalue weighted by Gasteiger charge is 2.49. The number of amides is 4. The first kappa shape index (κ1) is 22.9. The van der Waals surface area contributed by atoms with Gasteiger partial charge in [-0.1, -0.05) is 64.3 Å². The maximum atomic E-state index is 13.0. The van der Waals surface area contributed by atoms with Gasteiger partial charge in [0.2, 0.25) is 5.91 Å². The van der Waals surface area contributed by atoms with Crippen molar-refractivity contribution in [3.8, 4) is 0 Å². The number of aryl methyl sites for hydroxylation is 1. The van der Waals surface area contributed by atoms with E-state index in [-0.39, 0.29) is 18.5 Å². The van der Waals surface area contributed by atoms with Crippen LogP contribution in [-0.4, -0.2) is 35.3 Å². The second kappa shape index (κ2) is 9.90. The van der Waals surface area contributed by atoms with Crippen LogP contribution in [0.25, 0.3) is 0 Å². The van der Waals surface area contributed by atoms with E-state index in [1.807, 2.05) is 31.2 Å². The summed E-state index contributed by atoms with van der Waals surface area (Å²) < 4.78 is 0. The first-order chi connectivity index (χ1) is 13.7. The average molecular weight is 402 g/mol. The Balaban J connectivity index is 1.98. The lowest BCUT2D eigenvalue weighted by Crippen LogP contribution is -2.45. The maximum absolute atomic E-state index is 13.0. The van der Waals surface area contributed by atoms with E-state index < -0.39 is 17.5 Å². The van der Waals surface area contributed by atoms with E-state index in [9.17, 15) is 14.4 Å². The van der Waals surface area contributed by atoms with Gasteiger partial charge in [-0.3, -0.25) is 14.5 Å². The Labute approximate surface area is 174 Å². The summed E-state index contributed by atoms with van der Waals surface area (Å²) in [4.78, 5) is 38.8. The second-order valence-corrected chi connectivity index (χ2v) is 8.69. The van der Waals surface area contributed by atoms with Crippen molar-refractivity contribution in [2.45, 2.75) is 78.3 Å². The van der Waals surface area contributed by atoms with Gasteiger partial charge in [0.1, 0.15) is 12.1 Å². The van der Waals surface area contributed by atoms with Crippen LogP contribution in [0.1, 0.15) is 71.4 Å². The molecule has 2 N–H and O–H groups in total. The number of nitrogens with zero attached hydrogens (tertiary/aromatic N) is 1.